The molecule has 1 fully saturated rings. The number of unbranched alkanes of at least 4 members (excludes halogenated alkanes) is 3. The van der Waals surface area contributed by atoms with Gasteiger partial charge in [0, 0.05) is 25.2 Å². The molecule has 0 N–H and O–H groups in total. The summed E-state index contributed by atoms with van der Waals surface area (Å²) in [6.45, 7) is 4.60. The number of ether oxygens (including phenoxy) is 1. The van der Waals surface area contributed by atoms with Crippen LogP contribution in [0, 0.1) is 5.92 Å². The van der Waals surface area contributed by atoms with Crippen molar-refractivity contribution < 1.29 is 9.53 Å². The van der Waals surface area contributed by atoms with Crippen LogP contribution in [0.4, 0.5) is 0 Å². The van der Waals surface area contributed by atoms with Crippen LogP contribution >= 0.6 is 0 Å². The van der Waals surface area contributed by atoms with Crippen molar-refractivity contribution in [3.8, 4) is 16.9 Å². The predicted molar refractivity (Wildman–Crippen MR) is 125 cm³/mol. The van der Waals surface area contributed by atoms with Gasteiger partial charge in [-0.25, -0.2) is 4.68 Å². The number of aryl methyl sites for hydroxylation is 1. The van der Waals surface area contributed by atoms with Crippen LogP contribution in [0.25, 0.3) is 16.9 Å². The van der Waals surface area contributed by atoms with Crippen molar-refractivity contribution in [3.05, 3.63) is 65.9 Å². The minimum Gasteiger partial charge on any atom is -0.469 e. The lowest BCUT2D eigenvalue weighted by Crippen LogP contribution is -2.49. The molecule has 6 nitrogen and oxygen atoms in total. The van der Waals surface area contributed by atoms with E-state index in [0.717, 1.165) is 43.0 Å². The summed E-state index contributed by atoms with van der Waals surface area (Å²) in [5, 5.41) is 8.68. The Morgan fingerprint density at radius 2 is 1.72 bits per heavy atom. The Morgan fingerprint density at radius 3 is 2.41 bits per heavy atom. The predicted octanol–water partition coefficient (Wildman–Crippen LogP) is 4.66. The van der Waals surface area contributed by atoms with Gasteiger partial charge < -0.3 is 4.74 Å². The van der Waals surface area contributed by atoms with Crippen molar-refractivity contribution in [1.82, 2.24) is 19.9 Å². The van der Waals surface area contributed by atoms with Crippen molar-refractivity contribution in [2.45, 2.75) is 45.6 Å². The van der Waals surface area contributed by atoms with Gasteiger partial charge in [0.25, 0.3) is 0 Å². The van der Waals surface area contributed by atoms with E-state index in [-0.39, 0.29) is 11.9 Å². The third-order valence-electron chi connectivity index (χ3n) is 6.16. The summed E-state index contributed by atoms with van der Waals surface area (Å²) in [5.74, 6) is -0.0943. The number of likely N-dealkylation sites (tertiary alicyclic amines) is 1. The van der Waals surface area contributed by atoms with Gasteiger partial charge in [0.15, 0.2) is 0 Å². The lowest BCUT2D eigenvalue weighted by atomic mass is 9.99. The first kappa shape index (κ1) is 22.2. The minimum absolute atomic E-state index is 0.0166. The van der Waals surface area contributed by atoms with Gasteiger partial charge >= 0.3 is 5.97 Å². The quantitative estimate of drug-likeness (QED) is 0.344. The molecular weight excluding hydrogens is 400 g/mol. The highest BCUT2D eigenvalue weighted by molar-refractivity contribution is 5.73. The number of hydrogen-bond donors (Lipinski definition) is 0. The van der Waals surface area contributed by atoms with Crippen molar-refractivity contribution in [3.63, 3.8) is 0 Å². The zero-order valence-electron chi connectivity index (χ0n) is 19.0. The second kappa shape index (κ2) is 10.6. The first-order valence-electron chi connectivity index (χ1n) is 11.6. The van der Waals surface area contributed by atoms with Crippen molar-refractivity contribution in [1.29, 1.82) is 0 Å². The van der Waals surface area contributed by atoms with Crippen molar-refractivity contribution in [2.75, 3.05) is 20.2 Å². The molecule has 32 heavy (non-hydrogen) atoms. The van der Waals surface area contributed by atoms with Crippen LogP contribution in [-0.4, -0.2) is 46.1 Å². The topological polar surface area (TPSA) is 60.2 Å². The van der Waals surface area contributed by atoms with E-state index in [2.05, 4.69) is 70.7 Å². The Balaban J connectivity index is 1.32. The van der Waals surface area contributed by atoms with E-state index in [9.17, 15) is 4.79 Å². The molecule has 0 aliphatic carbocycles. The van der Waals surface area contributed by atoms with Crippen LogP contribution in [0.15, 0.2) is 54.7 Å². The van der Waals surface area contributed by atoms with E-state index in [1.807, 2.05) is 10.9 Å². The van der Waals surface area contributed by atoms with Crippen LogP contribution < -0.4 is 0 Å². The average molecular weight is 433 g/mol. The van der Waals surface area contributed by atoms with Crippen LogP contribution in [0.1, 0.15) is 43.7 Å². The first-order chi connectivity index (χ1) is 15.7. The summed E-state index contributed by atoms with van der Waals surface area (Å²) < 4.78 is 6.61. The molecule has 1 aliphatic heterocycles. The van der Waals surface area contributed by atoms with Gasteiger partial charge in [0.2, 0.25) is 0 Å². The number of rotatable bonds is 10. The Kier molecular flexibility index (Phi) is 7.32. The number of carbonyl (C=O) groups excluding carboxylic acids is 1. The molecule has 1 aromatic heterocycles. The standard InChI is InChI=1S/C26H32N4O2/c1-3-4-5-6-7-20-8-12-22(13-9-20)25-19-30(28-27-25)24-14-10-21(11-15-24)16-29-17-23(18-29)26(31)32-2/h8-15,19,23H,3-7,16-18H2,1-2H3. The van der Waals surface area contributed by atoms with E-state index in [0.29, 0.717) is 0 Å². The zero-order valence-corrected chi connectivity index (χ0v) is 19.0. The molecule has 1 aliphatic rings. The monoisotopic (exact) mass is 432 g/mol. The number of benzene rings is 2. The van der Waals surface area contributed by atoms with Gasteiger partial charge in [-0.1, -0.05) is 67.8 Å². The summed E-state index contributed by atoms with van der Waals surface area (Å²) in [5.41, 5.74) is 5.54. The number of hydrogen-bond acceptors (Lipinski definition) is 5. The first-order valence-corrected chi connectivity index (χ1v) is 11.6. The fourth-order valence-electron chi connectivity index (χ4n) is 4.15. The lowest BCUT2D eigenvalue weighted by Gasteiger charge is -2.37. The molecule has 2 heterocycles. The summed E-state index contributed by atoms with van der Waals surface area (Å²) in [6, 6.07) is 17.0. The molecule has 3 aromatic rings. The van der Waals surface area contributed by atoms with E-state index in [1.165, 1.54) is 43.9 Å². The Labute approximate surface area is 190 Å². The summed E-state index contributed by atoms with van der Waals surface area (Å²) >= 11 is 0. The van der Waals surface area contributed by atoms with E-state index < -0.39 is 0 Å². The molecule has 4 rings (SSSR count). The highest BCUT2D eigenvalue weighted by Crippen LogP contribution is 2.22. The summed E-state index contributed by atoms with van der Waals surface area (Å²) in [6.07, 6.45) is 8.26. The molecule has 0 radical (unpaired) electrons. The van der Waals surface area contributed by atoms with Gasteiger partial charge in [-0.15, -0.1) is 5.10 Å². The molecule has 0 unspecified atom stereocenters. The third kappa shape index (κ3) is 5.43. The maximum atomic E-state index is 11.5. The van der Waals surface area contributed by atoms with E-state index in [1.54, 1.807) is 0 Å². The molecular formula is C26H32N4O2. The SMILES string of the molecule is CCCCCCc1ccc(-c2cn(-c3ccc(CN4CC(C(=O)OC)C4)cc3)nn2)cc1. The number of nitrogens with zero attached hydrogens (tertiary/aromatic N) is 4. The Hall–Kier alpha value is -2.99. The van der Waals surface area contributed by atoms with Crippen LogP contribution in [0.5, 0.6) is 0 Å². The molecule has 0 spiro atoms. The van der Waals surface area contributed by atoms with Crippen molar-refractivity contribution in [2.24, 2.45) is 5.92 Å². The Morgan fingerprint density at radius 1 is 1.00 bits per heavy atom. The molecule has 1 saturated heterocycles. The maximum Gasteiger partial charge on any atom is 0.311 e. The fourth-order valence-corrected chi connectivity index (χ4v) is 4.15. The smallest absolute Gasteiger partial charge is 0.311 e. The lowest BCUT2D eigenvalue weighted by molar-refractivity contribution is -0.151. The second-order valence-electron chi connectivity index (χ2n) is 8.64. The molecule has 2 aromatic carbocycles. The molecule has 0 atom stereocenters. The average Bonchev–Trinajstić information content (AvgIpc) is 3.29. The Bertz CT molecular complexity index is 1010. The molecule has 168 valence electrons. The highest BCUT2D eigenvalue weighted by Gasteiger charge is 2.33. The van der Waals surface area contributed by atoms with Crippen LogP contribution in [-0.2, 0) is 22.5 Å². The van der Waals surface area contributed by atoms with Gasteiger partial charge in [0.1, 0.15) is 5.69 Å². The number of aromatic nitrogens is 3. The molecule has 0 amide bonds. The van der Waals surface area contributed by atoms with Crippen LogP contribution in [0.3, 0.4) is 0 Å². The van der Waals surface area contributed by atoms with Crippen molar-refractivity contribution >= 4 is 5.97 Å². The van der Waals surface area contributed by atoms with Gasteiger partial charge in [-0.3, -0.25) is 9.69 Å². The molecule has 6 heteroatoms. The van der Waals surface area contributed by atoms with Gasteiger partial charge in [0.05, 0.1) is 24.9 Å². The molecule has 0 bridgehead atoms. The number of esters is 1. The highest BCUT2D eigenvalue weighted by atomic mass is 16.5. The fraction of sp³-hybridized carbons (Fsp3) is 0.423. The van der Waals surface area contributed by atoms with E-state index in [4.69, 9.17) is 4.74 Å². The van der Waals surface area contributed by atoms with Gasteiger partial charge in [-0.05, 0) is 36.1 Å². The largest absolute Gasteiger partial charge is 0.469 e. The number of methoxy groups -OCH3 is 1. The number of carbonyl (C=O) groups is 1. The van der Waals surface area contributed by atoms with E-state index >= 15 is 0 Å². The maximum absolute atomic E-state index is 11.5. The van der Waals surface area contributed by atoms with Crippen LogP contribution in [0.2, 0.25) is 0 Å². The minimum atomic E-state index is -0.111. The summed E-state index contributed by atoms with van der Waals surface area (Å²) in [4.78, 5) is 13.8. The zero-order chi connectivity index (χ0) is 22.3. The second-order valence-corrected chi connectivity index (χ2v) is 8.64. The van der Waals surface area contributed by atoms with Gasteiger partial charge in [-0.2, -0.15) is 0 Å². The third-order valence-corrected chi connectivity index (χ3v) is 6.16. The summed E-state index contributed by atoms with van der Waals surface area (Å²) in [7, 11) is 1.45. The normalized spacial score (nSPS) is 14.3. The molecule has 0 saturated carbocycles.